The summed E-state index contributed by atoms with van der Waals surface area (Å²) in [5.41, 5.74) is 2.37. The molecule has 2 aliphatic heterocycles. The molecular weight excluding hydrogens is 244 g/mol. The van der Waals surface area contributed by atoms with Gasteiger partial charge in [-0.3, -0.25) is 0 Å². The first-order valence-electron chi connectivity index (χ1n) is 6.74. The summed E-state index contributed by atoms with van der Waals surface area (Å²) in [5.74, 6) is 1.24. The molecule has 0 spiro atoms. The van der Waals surface area contributed by atoms with Crippen molar-refractivity contribution in [1.82, 2.24) is 4.90 Å². The predicted octanol–water partition coefficient (Wildman–Crippen LogP) is 4.49. The molecule has 2 heterocycles. The molecule has 18 heavy (non-hydrogen) atoms. The summed E-state index contributed by atoms with van der Waals surface area (Å²) in [6, 6.07) is 6.09. The van der Waals surface area contributed by atoms with Crippen LogP contribution < -0.4 is 0 Å². The lowest BCUT2D eigenvalue weighted by molar-refractivity contribution is 0.211. The fourth-order valence-electron chi connectivity index (χ4n) is 3.11. The highest BCUT2D eigenvalue weighted by molar-refractivity contribution is 6.30. The molecule has 3 heteroatoms. The third kappa shape index (κ3) is 1.83. The Labute approximate surface area is 114 Å². The van der Waals surface area contributed by atoms with Gasteiger partial charge in [0.05, 0.1) is 11.2 Å². The first-order chi connectivity index (χ1) is 8.59. The molecule has 1 aromatic rings. The molecule has 0 bridgehead atoms. The Bertz CT molecular complexity index is 505. The van der Waals surface area contributed by atoms with Crippen molar-refractivity contribution in [2.75, 3.05) is 6.54 Å². The van der Waals surface area contributed by atoms with E-state index < -0.39 is 0 Å². The molecule has 0 atom stereocenters. The molecule has 0 radical (unpaired) electrons. The highest BCUT2D eigenvalue weighted by Crippen LogP contribution is 2.42. The van der Waals surface area contributed by atoms with Gasteiger partial charge >= 0.3 is 0 Å². The molecule has 96 valence electrons. The monoisotopic (exact) mass is 262 g/mol. The van der Waals surface area contributed by atoms with Crippen LogP contribution in [0.25, 0.3) is 0 Å². The van der Waals surface area contributed by atoms with Crippen LogP contribution in [0.15, 0.2) is 23.2 Å². The van der Waals surface area contributed by atoms with Gasteiger partial charge < -0.3 is 4.90 Å². The summed E-state index contributed by atoms with van der Waals surface area (Å²) in [5, 5.41) is 0.774. The van der Waals surface area contributed by atoms with Crippen LogP contribution in [0.3, 0.4) is 0 Å². The Morgan fingerprint density at radius 1 is 1.22 bits per heavy atom. The largest absolute Gasteiger partial charge is 0.351 e. The summed E-state index contributed by atoms with van der Waals surface area (Å²) in [6.45, 7) is 5.70. The molecule has 2 aliphatic rings. The third-order valence-corrected chi connectivity index (χ3v) is 4.37. The average molecular weight is 263 g/mol. The minimum atomic E-state index is 0.0291. The van der Waals surface area contributed by atoms with E-state index in [0.29, 0.717) is 0 Å². The maximum Gasteiger partial charge on any atom is 0.105 e. The molecule has 0 N–H and O–H groups in total. The van der Waals surface area contributed by atoms with Crippen molar-refractivity contribution < 1.29 is 0 Å². The van der Waals surface area contributed by atoms with E-state index in [-0.39, 0.29) is 5.54 Å². The fourth-order valence-corrected chi connectivity index (χ4v) is 3.28. The number of halogens is 1. The van der Waals surface area contributed by atoms with Gasteiger partial charge in [-0.25, -0.2) is 4.99 Å². The van der Waals surface area contributed by atoms with Crippen molar-refractivity contribution >= 4 is 23.1 Å². The number of aliphatic imine (C=N–C) groups is 1. The van der Waals surface area contributed by atoms with Crippen LogP contribution in [0.2, 0.25) is 5.02 Å². The van der Waals surface area contributed by atoms with E-state index in [0.717, 1.165) is 23.7 Å². The van der Waals surface area contributed by atoms with Gasteiger partial charge in [0.15, 0.2) is 0 Å². The number of fused-ring (bicyclic) bond motifs is 2. The van der Waals surface area contributed by atoms with Gasteiger partial charge in [-0.15, -0.1) is 0 Å². The highest BCUT2D eigenvalue weighted by Gasteiger charge is 2.36. The standard InChI is InChI=1S/C15H19ClN2/c1-15(2)12-8-7-11(16)10-13(12)17-14-6-4-3-5-9-18(14)15/h7-8,10H,3-6,9H2,1-2H3. The van der Waals surface area contributed by atoms with Crippen LogP contribution in [0.4, 0.5) is 5.69 Å². The van der Waals surface area contributed by atoms with Gasteiger partial charge in [-0.2, -0.15) is 0 Å². The Balaban J connectivity index is 2.14. The zero-order valence-corrected chi connectivity index (χ0v) is 11.8. The maximum absolute atomic E-state index is 6.09. The molecular formula is C15H19ClN2. The number of hydrogen-bond acceptors (Lipinski definition) is 2. The summed E-state index contributed by atoms with van der Waals surface area (Å²) < 4.78 is 0. The number of amidine groups is 1. The van der Waals surface area contributed by atoms with Crippen LogP contribution in [-0.4, -0.2) is 17.3 Å². The second-order valence-corrected chi connectivity index (χ2v) is 6.15. The molecule has 1 fully saturated rings. The number of hydrogen-bond donors (Lipinski definition) is 0. The lowest BCUT2D eigenvalue weighted by Gasteiger charge is -2.44. The molecule has 0 unspecified atom stereocenters. The molecule has 0 amide bonds. The van der Waals surface area contributed by atoms with Crippen molar-refractivity contribution in [1.29, 1.82) is 0 Å². The minimum absolute atomic E-state index is 0.0291. The highest BCUT2D eigenvalue weighted by atomic mass is 35.5. The quantitative estimate of drug-likeness (QED) is 0.672. The first kappa shape index (κ1) is 12.0. The van der Waals surface area contributed by atoms with Crippen molar-refractivity contribution in [2.45, 2.75) is 45.1 Å². The summed E-state index contributed by atoms with van der Waals surface area (Å²) in [4.78, 5) is 7.32. The Kier molecular flexibility index (Phi) is 2.86. The van der Waals surface area contributed by atoms with Crippen molar-refractivity contribution in [2.24, 2.45) is 4.99 Å². The molecule has 1 saturated heterocycles. The Morgan fingerprint density at radius 2 is 2.06 bits per heavy atom. The van der Waals surface area contributed by atoms with E-state index in [2.05, 4.69) is 24.8 Å². The number of nitrogens with zero attached hydrogens (tertiary/aromatic N) is 2. The lowest BCUT2D eigenvalue weighted by Crippen LogP contribution is -2.47. The molecule has 1 aromatic carbocycles. The lowest BCUT2D eigenvalue weighted by atomic mass is 9.88. The predicted molar refractivity (Wildman–Crippen MR) is 76.7 cm³/mol. The third-order valence-electron chi connectivity index (χ3n) is 4.14. The SMILES string of the molecule is CC1(C)c2ccc(Cl)cc2N=C2CCCCCN21. The Hall–Kier alpha value is -1.02. The molecule has 2 nitrogen and oxygen atoms in total. The van der Waals surface area contributed by atoms with E-state index in [1.54, 1.807) is 0 Å². The van der Waals surface area contributed by atoms with Crippen molar-refractivity contribution in [3.63, 3.8) is 0 Å². The minimum Gasteiger partial charge on any atom is -0.351 e. The summed E-state index contributed by atoms with van der Waals surface area (Å²) in [7, 11) is 0. The van der Waals surface area contributed by atoms with E-state index in [4.69, 9.17) is 16.6 Å². The summed E-state index contributed by atoms with van der Waals surface area (Å²) >= 11 is 6.09. The Morgan fingerprint density at radius 3 is 2.89 bits per heavy atom. The molecule has 3 rings (SSSR count). The van der Waals surface area contributed by atoms with Gasteiger partial charge in [0.2, 0.25) is 0 Å². The van der Waals surface area contributed by atoms with E-state index in [9.17, 15) is 0 Å². The van der Waals surface area contributed by atoms with Gasteiger partial charge in [0, 0.05) is 23.6 Å². The zero-order chi connectivity index (χ0) is 12.8. The van der Waals surface area contributed by atoms with Gasteiger partial charge in [0.25, 0.3) is 0 Å². The van der Waals surface area contributed by atoms with Crippen LogP contribution in [0.1, 0.15) is 45.1 Å². The molecule has 0 aliphatic carbocycles. The van der Waals surface area contributed by atoms with Crippen LogP contribution in [0, 0.1) is 0 Å². The van der Waals surface area contributed by atoms with E-state index in [1.807, 2.05) is 12.1 Å². The summed E-state index contributed by atoms with van der Waals surface area (Å²) in [6.07, 6.45) is 4.92. The molecule has 0 aromatic heterocycles. The second-order valence-electron chi connectivity index (χ2n) is 5.71. The maximum atomic E-state index is 6.09. The van der Waals surface area contributed by atoms with Gasteiger partial charge in [0.1, 0.15) is 5.84 Å². The van der Waals surface area contributed by atoms with E-state index >= 15 is 0 Å². The van der Waals surface area contributed by atoms with Gasteiger partial charge in [-0.05, 0) is 38.8 Å². The zero-order valence-electron chi connectivity index (χ0n) is 11.0. The van der Waals surface area contributed by atoms with Crippen molar-refractivity contribution in [3.8, 4) is 0 Å². The van der Waals surface area contributed by atoms with Gasteiger partial charge in [-0.1, -0.05) is 24.1 Å². The molecule has 0 saturated carbocycles. The van der Waals surface area contributed by atoms with Crippen LogP contribution in [0.5, 0.6) is 0 Å². The number of benzene rings is 1. The van der Waals surface area contributed by atoms with Crippen LogP contribution >= 0.6 is 11.6 Å². The van der Waals surface area contributed by atoms with E-state index in [1.165, 1.54) is 30.7 Å². The van der Waals surface area contributed by atoms with Crippen LogP contribution in [-0.2, 0) is 5.54 Å². The average Bonchev–Trinajstić information content (AvgIpc) is 2.54. The van der Waals surface area contributed by atoms with Crippen molar-refractivity contribution in [3.05, 3.63) is 28.8 Å². The smallest absolute Gasteiger partial charge is 0.105 e. The second kappa shape index (κ2) is 4.27. The number of rotatable bonds is 0. The normalized spacial score (nSPS) is 21.7. The fraction of sp³-hybridized carbons (Fsp3) is 0.533. The topological polar surface area (TPSA) is 15.6 Å². The first-order valence-corrected chi connectivity index (χ1v) is 7.12.